The molecule has 1 aromatic rings. The fourth-order valence-corrected chi connectivity index (χ4v) is 3.58. The van der Waals surface area contributed by atoms with E-state index in [2.05, 4.69) is 5.32 Å². The number of hydrogen-bond acceptors (Lipinski definition) is 5. The van der Waals surface area contributed by atoms with Crippen LogP contribution in [0.2, 0.25) is 0 Å². The van der Waals surface area contributed by atoms with Crippen molar-refractivity contribution in [1.82, 2.24) is 4.90 Å². The summed E-state index contributed by atoms with van der Waals surface area (Å²) in [6.07, 6.45) is 1.17. The van der Waals surface area contributed by atoms with E-state index in [1.807, 2.05) is 0 Å². The van der Waals surface area contributed by atoms with E-state index in [0.29, 0.717) is 43.8 Å². The number of nitrogens with two attached hydrogens (primary N) is 1. The molecule has 2 heterocycles. The van der Waals surface area contributed by atoms with Crippen molar-refractivity contribution in [3.05, 3.63) is 41.0 Å². The average Bonchev–Trinajstić information content (AvgIpc) is 2.68. The zero-order valence-electron chi connectivity index (χ0n) is 14.3. The summed E-state index contributed by atoms with van der Waals surface area (Å²) in [7, 11) is 0. The molecule has 0 radical (unpaired) electrons. The van der Waals surface area contributed by atoms with Crippen LogP contribution in [0.3, 0.4) is 0 Å². The van der Waals surface area contributed by atoms with Crippen molar-refractivity contribution >= 4 is 35.2 Å². The summed E-state index contributed by atoms with van der Waals surface area (Å²) in [6, 6.07) is 6.82. The van der Waals surface area contributed by atoms with Gasteiger partial charge in [-0.15, -0.1) is 11.8 Å². The maximum Gasteiger partial charge on any atom is 0.291 e. The number of anilines is 1. The van der Waals surface area contributed by atoms with Gasteiger partial charge in [0.25, 0.3) is 11.8 Å². The maximum atomic E-state index is 12.7. The summed E-state index contributed by atoms with van der Waals surface area (Å²) in [5, 5.41) is 4.45. The molecule has 0 spiro atoms. The van der Waals surface area contributed by atoms with E-state index in [4.69, 9.17) is 10.5 Å². The molecular weight excluding hydrogens is 354 g/mol. The Hall–Kier alpha value is -2.48. The van der Waals surface area contributed by atoms with Gasteiger partial charge in [-0.05, 0) is 31.0 Å². The third kappa shape index (κ3) is 4.37. The molecule has 0 saturated carbocycles. The van der Waals surface area contributed by atoms with E-state index in [1.165, 1.54) is 11.8 Å². The zero-order chi connectivity index (χ0) is 18.5. The van der Waals surface area contributed by atoms with Crippen molar-refractivity contribution < 1.29 is 19.1 Å². The standard InChI is InChI=1S/C18H21N3O4S/c19-16(22)12-4-6-21(7-5-12)18(24)13-2-1-3-14(10-13)20-17(23)15-11-26-9-8-25-15/h1-3,10-12H,4-9H2,(H2,19,22)(H,20,23). The molecule has 1 saturated heterocycles. The lowest BCUT2D eigenvalue weighted by Crippen LogP contribution is -2.41. The molecule has 1 fully saturated rings. The topological polar surface area (TPSA) is 102 Å². The van der Waals surface area contributed by atoms with Crippen molar-refractivity contribution in [2.24, 2.45) is 11.7 Å². The predicted molar refractivity (Wildman–Crippen MR) is 99.4 cm³/mol. The number of hydrogen-bond donors (Lipinski definition) is 2. The van der Waals surface area contributed by atoms with Gasteiger partial charge in [0.2, 0.25) is 5.91 Å². The minimum absolute atomic E-state index is 0.118. The molecule has 8 heteroatoms. The van der Waals surface area contributed by atoms with Gasteiger partial charge in [0.15, 0.2) is 5.76 Å². The van der Waals surface area contributed by atoms with E-state index in [-0.39, 0.29) is 29.4 Å². The fraction of sp³-hybridized carbons (Fsp3) is 0.389. The Morgan fingerprint density at radius 2 is 2.00 bits per heavy atom. The first kappa shape index (κ1) is 18.3. The van der Waals surface area contributed by atoms with Crippen molar-refractivity contribution in [2.75, 3.05) is 30.8 Å². The second kappa shape index (κ2) is 8.27. The Morgan fingerprint density at radius 1 is 1.23 bits per heavy atom. The molecular formula is C18H21N3O4S. The number of ether oxygens (including phenoxy) is 1. The first-order valence-electron chi connectivity index (χ1n) is 8.49. The van der Waals surface area contributed by atoms with Crippen LogP contribution < -0.4 is 11.1 Å². The lowest BCUT2D eigenvalue weighted by molar-refractivity contribution is -0.123. The Morgan fingerprint density at radius 3 is 2.65 bits per heavy atom. The summed E-state index contributed by atoms with van der Waals surface area (Å²) in [4.78, 5) is 37.8. The molecule has 1 aromatic carbocycles. The molecule has 138 valence electrons. The van der Waals surface area contributed by atoms with Crippen LogP contribution in [0.15, 0.2) is 35.4 Å². The molecule has 2 aliphatic heterocycles. The largest absolute Gasteiger partial charge is 0.487 e. The summed E-state index contributed by atoms with van der Waals surface area (Å²) in [5.41, 5.74) is 6.36. The van der Waals surface area contributed by atoms with E-state index in [9.17, 15) is 14.4 Å². The number of benzene rings is 1. The highest BCUT2D eigenvalue weighted by molar-refractivity contribution is 8.02. The third-order valence-corrected chi connectivity index (χ3v) is 5.21. The Balaban J connectivity index is 1.63. The van der Waals surface area contributed by atoms with Gasteiger partial charge in [0, 0.05) is 41.4 Å². The lowest BCUT2D eigenvalue weighted by Gasteiger charge is -2.30. The van der Waals surface area contributed by atoms with E-state index >= 15 is 0 Å². The van der Waals surface area contributed by atoms with Gasteiger partial charge in [0.1, 0.15) is 0 Å². The minimum atomic E-state index is -0.330. The lowest BCUT2D eigenvalue weighted by atomic mass is 9.96. The van der Waals surface area contributed by atoms with E-state index in [1.54, 1.807) is 34.6 Å². The SMILES string of the molecule is NC(=O)C1CCN(C(=O)c2cccc(NC(=O)C3=CSCCO3)c2)CC1. The van der Waals surface area contributed by atoms with Crippen LogP contribution in [0.1, 0.15) is 23.2 Å². The Bertz CT molecular complexity index is 742. The number of nitrogens with one attached hydrogen (secondary N) is 1. The first-order valence-corrected chi connectivity index (χ1v) is 9.54. The molecule has 26 heavy (non-hydrogen) atoms. The van der Waals surface area contributed by atoms with Crippen LogP contribution in [0.4, 0.5) is 5.69 Å². The number of likely N-dealkylation sites (tertiary alicyclic amines) is 1. The number of rotatable bonds is 4. The van der Waals surface area contributed by atoms with Crippen LogP contribution in [-0.2, 0) is 14.3 Å². The number of carbonyl (C=O) groups excluding carboxylic acids is 3. The van der Waals surface area contributed by atoms with Crippen molar-refractivity contribution in [1.29, 1.82) is 0 Å². The molecule has 0 aromatic heterocycles. The van der Waals surface area contributed by atoms with E-state index < -0.39 is 0 Å². The van der Waals surface area contributed by atoms with Crippen LogP contribution in [-0.4, -0.2) is 48.1 Å². The monoisotopic (exact) mass is 375 g/mol. The molecule has 7 nitrogen and oxygen atoms in total. The number of amides is 3. The summed E-state index contributed by atoms with van der Waals surface area (Å²) in [6.45, 7) is 1.51. The van der Waals surface area contributed by atoms with Crippen molar-refractivity contribution in [2.45, 2.75) is 12.8 Å². The van der Waals surface area contributed by atoms with Crippen LogP contribution >= 0.6 is 11.8 Å². The highest BCUT2D eigenvalue weighted by Gasteiger charge is 2.26. The second-order valence-electron chi connectivity index (χ2n) is 6.21. The van der Waals surface area contributed by atoms with Gasteiger partial charge in [-0.1, -0.05) is 6.07 Å². The van der Waals surface area contributed by atoms with Gasteiger partial charge in [-0.25, -0.2) is 0 Å². The quantitative estimate of drug-likeness (QED) is 0.832. The smallest absolute Gasteiger partial charge is 0.291 e. The summed E-state index contributed by atoms with van der Waals surface area (Å²) < 4.78 is 5.33. The van der Waals surface area contributed by atoms with Crippen molar-refractivity contribution in [3.63, 3.8) is 0 Å². The van der Waals surface area contributed by atoms with Gasteiger partial charge >= 0.3 is 0 Å². The molecule has 0 bridgehead atoms. The third-order valence-electron chi connectivity index (χ3n) is 4.42. The molecule has 3 N–H and O–H groups in total. The average molecular weight is 375 g/mol. The molecule has 0 atom stereocenters. The van der Waals surface area contributed by atoms with Crippen LogP contribution in [0.5, 0.6) is 0 Å². The maximum absolute atomic E-state index is 12.7. The minimum Gasteiger partial charge on any atom is -0.487 e. The molecule has 0 aliphatic carbocycles. The number of nitrogens with zero attached hydrogens (tertiary/aromatic N) is 1. The zero-order valence-corrected chi connectivity index (χ0v) is 15.1. The van der Waals surface area contributed by atoms with E-state index in [0.717, 1.165) is 5.75 Å². The molecule has 0 unspecified atom stereocenters. The highest BCUT2D eigenvalue weighted by atomic mass is 32.2. The summed E-state index contributed by atoms with van der Waals surface area (Å²) >= 11 is 1.53. The second-order valence-corrected chi connectivity index (χ2v) is 7.18. The fourth-order valence-electron chi connectivity index (χ4n) is 2.96. The molecule has 2 aliphatic rings. The number of thioether (sulfide) groups is 1. The van der Waals surface area contributed by atoms with Crippen molar-refractivity contribution in [3.8, 4) is 0 Å². The van der Waals surface area contributed by atoms with Gasteiger partial charge in [0.05, 0.1) is 6.61 Å². The number of piperidine rings is 1. The normalized spacial score (nSPS) is 17.8. The van der Waals surface area contributed by atoms with Gasteiger partial charge in [-0.2, -0.15) is 0 Å². The number of carbonyl (C=O) groups is 3. The van der Waals surface area contributed by atoms with Gasteiger partial charge in [-0.3, -0.25) is 14.4 Å². The molecule has 3 amide bonds. The van der Waals surface area contributed by atoms with Gasteiger partial charge < -0.3 is 20.7 Å². The Labute approximate surface area is 155 Å². The van der Waals surface area contributed by atoms with Crippen LogP contribution in [0.25, 0.3) is 0 Å². The number of primary amides is 1. The van der Waals surface area contributed by atoms with Crippen LogP contribution in [0, 0.1) is 5.92 Å². The molecule has 3 rings (SSSR count). The summed E-state index contributed by atoms with van der Waals surface area (Å²) in [5.74, 6) is 0.196. The Kier molecular flexibility index (Phi) is 5.82. The predicted octanol–water partition coefficient (Wildman–Crippen LogP) is 1.57. The first-order chi connectivity index (χ1) is 12.5. The highest BCUT2D eigenvalue weighted by Crippen LogP contribution is 2.21.